The van der Waals surface area contributed by atoms with Crippen molar-refractivity contribution in [2.75, 3.05) is 0 Å². The average molecular weight is 360 g/mol. The van der Waals surface area contributed by atoms with E-state index in [1.54, 1.807) is 0 Å². The largest absolute Gasteiger partial charge is 1.00 e. The molecule has 0 atom stereocenters. The summed E-state index contributed by atoms with van der Waals surface area (Å²) < 4.78 is 0. The van der Waals surface area contributed by atoms with E-state index in [0.29, 0.717) is 0 Å². The molecule has 0 fully saturated rings. The molecule has 0 aromatic heterocycles. The number of carbonyl (C=O) groups is 1. The molecule has 0 amide bonds. The van der Waals surface area contributed by atoms with Crippen molar-refractivity contribution < 1.29 is 153 Å². The van der Waals surface area contributed by atoms with Crippen molar-refractivity contribution in [2.24, 2.45) is 0 Å². The van der Waals surface area contributed by atoms with Crippen LogP contribution in [-0.4, -0.2) is 6.16 Å². The van der Waals surface area contributed by atoms with Gasteiger partial charge in [-0.3, -0.25) is 0 Å². The Morgan fingerprint density at radius 3 is 1.00 bits per heavy atom. The zero-order chi connectivity index (χ0) is 3.58. The van der Waals surface area contributed by atoms with Crippen molar-refractivity contribution in [3.63, 3.8) is 0 Å². The van der Waals surface area contributed by atoms with E-state index in [2.05, 4.69) is 0 Å². The molecule has 0 bridgehead atoms. The zero-order valence-electron chi connectivity index (χ0n) is 5.14. The monoisotopic (exact) mass is 360 g/mol. The third-order valence-corrected chi connectivity index (χ3v) is 0. The SMILES string of the molecule is N.N.O=C([O-])[O-].[Cs+].[Cs+]. The van der Waals surface area contributed by atoms with E-state index in [1.165, 1.54) is 0 Å². The van der Waals surface area contributed by atoms with Crippen molar-refractivity contribution in [1.29, 1.82) is 0 Å². The summed E-state index contributed by atoms with van der Waals surface area (Å²) in [7, 11) is 0. The molecule has 0 heterocycles. The Balaban J connectivity index is -0.00000000750. The Morgan fingerprint density at radius 1 is 1.00 bits per heavy atom. The molecule has 5 nitrogen and oxygen atoms in total. The standard InChI is InChI=1S/CH2O3.2Cs.2H3N/c2-1(3)4;;;;/h(H2,2,3,4);;;2*1H3/q;2*+1;;/p-2. The summed E-state index contributed by atoms with van der Waals surface area (Å²) in [6, 6.07) is 0. The van der Waals surface area contributed by atoms with Gasteiger partial charge in [-0.2, -0.15) is 0 Å². The third-order valence-electron chi connectivity index (χ3n) is 0. The summed E-state index contributed by atoms with van der Waals surface area (Å²) in [5.41, 5.74) is 0. The molecule has 0 rings (SSSR count). The van der Waals surface area contributed by atoms with E-state index in [0.717, 1.165) is 0 Å². The van der Waals surface area contributed by atoms with Crippen molar-refractivity contribution >= 4 is 6.16 Å². The van der Waals surface area contributed by atoms with Crippen LogP contribution in [0.2, 0.25) is 0 Å². The second kappa shape index (κ2) is 22.4. The number of carbonyl (C=O) groups excluding carboxylic acids is 1. The molecule has 0 spiro atoms. The Labute approximate surface area is 165 Å². The van der Waals surface area contributed by atoms with Crippen molar-refractivity contribution in [3.8, 4) is 0 Å². The molecule has 0 aliphatic rings. The van der Waals surface area contributed by atoms with Gasteiger partial charge in [-0.1, -0.05) is 0 Å². The maximum Gasteiger partial charge on any atom is 1.00 e. The van der Waals surface area contributed by atoms with Crippen LogP contribution in [0.4, 0.5) is 4.79 Å². The first-order chi connectivity index (χ1) is 1.73. The molecule has 0 saturated heterocycles. The fourth-order valence-corrected chi connectivity index (χ4v) is 0. The molecule has 0 unspecified atom stereocenters. The molecular weight excluding hydrogens is 354 g/mol. The summed E-state index contributed by atoms with van der Waals surface area (Å²) in [6.45, 7) is 0. The minimum atomic E-state index is -2.33. The van der Waals surface area contributed by atoms with Gasteiger partial charge in [0.2, 0.25) is 0 Å². The molecular formula is CH6Cs2N2O3. The number of hydrogen-bond acceptors (Lipinski definition) is 5. The Hall–Kier alpha value is 3.29. The van der Waals surface area contributed by atoms with Gasteiger partial charge < -0.3 is 27.3 Å². The second-order valence-electron chi connectivity index (χ2n) is 0.250. The smallest absolute Gasteiger partial charge is 0.652 e. The quantitative estimate of drug-likeness (QED) is 0.443. The fraction of sp³-hybridized carbons (Fsp3) is 0. The van der Waals surface area contributed by atoms with E-state index >= 15 is 0 Å². The van der Waals surface area contributed by atoms with Crippen LogP contribution in [0.5, 0.6) is 0 Å². The third kappa shape index (κ3) is 58.9. The van der Waals surface area contributed by atoms with Gasteiger partial charge in [0, 0.05) is 0 Å². The van der Waals surface area contributed by atoms with E-state index in [9.17, 15) is 0 Å². The predicted octanol–water partition coefficient (Wildman–Crippen LogP) is -8.12. The molecule has 8 heavy (non-hydrogen) atoms. The van der Waals surface area contributed by atoms with E-state index in [-0.39, 0.29) is 150 Å². The first-order valence-electron chi connectivity index (χ1n) is 0.612. The van der Waals surface area contributed by atoms with Gasteiger partial charge in [0.05, 0.1) is 0 Å². The van der Waals surface area contributed by atoms with Gasteiger partial charge in [0.15, 0.2) is 0 Å². The molecule has 0 aliphatic heterocycles. The Bertz CT molecular complexity index is 38.3. The van der Waals surface area contributed by atoms with Gasteiger partial charge in [-0.15, -0.1) is 0 Å². The number of rotatable bonds is 0. The Morgan fingerprint density at radius 2 is 1.00 bits per heavy atom. The normalized spacial score (nSPS) is 3.00. The molecule has 6 N–H and O–H groups in total. The van der Waals surface area contributed by atoms with E-state index in [1.807, 2.05) is 0 Å². The molecule has 40 valence electrons. The minimum Gasteiger partial charge on any atom is -0.652 e. The summed E-state index contributed by atoms with van der Waals surface area (Å²) in [5, 5.41) is 16.7. The second-order valence-corrected chi connectivity index (χ2v) is 0.250. The average Bonchev–Trinajstić information content (AvgIpc) is 0.811. The van der Waals surface area contributed by atoms with Crippen LogP contribution in [-0.2, 0) is 0 Å². The Kier molecular flexibility index (Phi) is 84.8. The molecule has 7 heteroatoms. The first-order valence-corrected chi connectivity index (χ1v) is 0.612. The van der Waals surface area contributed by atoms with Gasteiger partial charge in [0.1, 0.15) is 0 Å². The van der Waals surface area contributed by atoms with Gasteiger partial charge in [-0.25, -0.2) is 0 Å². The molecule has 0 aliphatic carbocycles. The van der Waals surface area contributed by atoms with E-state index in [4.69, 9.17) is 15.0 Å². The van der Waals surface area contributed by atoms with Crippen molar-refractivity contribution in [1.82, 2.24) is 12.3 Å². The van der Waals surface area contributed by atoms with Crippen LogP contribution >= 0.6 is 0 Å². The summed E-state index contributed by atoms with van der Waals surface area (Å²) in [5.74, 6) is 0. The maximum atomic E-state index is 8.33. The predicted molar refractivity (Wildman–Crippen MR) is 15.4 cm³/mol. The summed E-state index contributed by atoms with van der Waals surface area (Å²) in [4.78, 5) is 8.33. The minimum absolute atomic E-state index is 0. The van der Waals surface area contributed by atoms with Crippen LogP contribution in [0.25, 0.3) is 0 Å². The van der Waals surface area contributed by atoms with Crippen LogP contribution in [0.1, 0.15) is 0 Å². The van der Waals surface area contributed by atoms with Crippen LogP contribution in [0.15, 0.2) is 0 Å². The molecule has 0 radical (unpaired) electrons. The maximum absolute atomic E-state index is 8.33. The number of hydrogen-bond donors (Lipinski definition) is 2. The summed E-state index contributed by atoms with van der Waals surface area (Å²) >= 11 is 0. The van der Waals surface area contributed by atoms with Crippen LogP contribution in [0.3, 0.4) is 0 Å². The molecule has 0 saturated carbocycles. The summed E-state index contributed by atoms with van der Waals surface area (Å²) in [6.07, 6.45) is -2.33. The van der Waals surface area contributed by atoms with Gasteiger partial charge >= 0.3 is 138 Å². The molecule has 0 aromatic rings. The van der Waals surface area contributed by atoms with Gasteiger partial charge in [0.25, 0.3) is 0 Å². The number of carboxylic acid groups (broad SMARTS) is 2. The molecule has 0 aromatic carbocycles. The van der Waals surface area contributed by atoms with E-state index < -0.39 is 6.16 Å². The van der Waals surface area contributed by atoms with Crippen molar-refractivity contribution in [3.05, 3.63) is 0 Å². The zero-order valence-corrected chi connectivity index (χ0v) is 17.7. The first kappa shape index (κ1) is 30.2. The van der Waals surface area contributed by atoms with Gasteiger partial charge in [-0.05, 0) is 6.16 Å². The fourth-order valence-electron chi connectivity index (χ4n) is 0. The van der Waals surface area contributed by atoms with Crippen molar-refractivity contribution in [2.45, 2.75) is 0 Å². The topological polar surface area (TPSA) is 133 Å². The van der Waals surface area contributed by atoms with Crippen LogP contribution < -0.4 is 160 Å². The van der Waals surface area contributed by atoms with Crippen LogP contribution in [0, 0.1) is 0 Å².